The molecular weight excluding hydrogens is 416 g/mol. The van der Waals surface area contributed by atoms with Gasteiger partial charge in [0, 0.05) is 6.92 Å². The van der Waals surface area contributed by atoms with Gasteiger partial charge < -0.3 is 4.74 Å². The number of hydrogen-bond acceptors (Lipinski definition) is 2. The van der Waals surface area contributed by atoms with Crippen LogP contribution in [-0.4, -0.2) is 12.1 Å². The van der Waals surface area contributed by atoms with Crippen molar-refractivity contribution in [3.8, 4) is 0 Å². The van der Waals surface area contributed by atoms with Crippen molar-refractivity contribution in [2.75, 3.05) is 0 Å². The molecule has 204 valence electrons. The summed E-state index contributed by atoms with van der Waals surface area (Å²) in [4.78, 5) is 11.3. The van der Waals surface area contributed by atoms with E-state index in [0.717, 1.165) is 18.8 Å². The highest BCUT2D eigenvalue weighted by molar-refractivity contribution is 5.66. The van der Waals surface area contributed by atoms with E-state index < -0.39 is 0 Å². The monoisotopic (exact) mass is 480 g/mol. The lowest BCUT2D eigenvalue weighted by atomic mass is 9.95. The number of unbranched alkanes of at least 4 members (excludes halogenated alkanes) is 18. The first-order valence-corrected chi connectivity index (χ1v) is 15.8. The number of esters is 1. The molecule has 0 heterocycles. The summed E-state index contributed by atoms with van der Waals surface area (Å²) in [5.41, 5.74) is 0. The lowest BCUT2D eigenvalue weighted by molar-refractivity contribution is -0.147. The molecule has 0 aromatic rings. The molecule has 0 radical (unpaired) electrons. The van der Waals surface area contributed by atoms with E-state index in [-0.39, 0.29) is 12.1 Å². The summed E-state index contributed by atoms with van der Waals surface area (Å²) in [6.45, 7) is 8.54. The summed E-state index contributed by atoms with van der Waals surface area (Å²) in [6, 6.07) is 0. The van der Waals surface area contributed by atoms with Gasteiger partial charge in [-0.2, -0.15) is 0 Å². The summed E-state index contributed by atoms with van der Waals surface area (Å²) in [5, 5.41) is 0. The number of carbonyl (C=O) groups is 1. The Kier molecular flexibility index (Phi) is 26.6. The largest absolute Gasteiger partial charge is 0.463 e. The zero-order valence-electron chi connectivity index (χ0n) is 24.1. The van der Waals surface area contributed by atoms with Crippen molar-refractivity contribution in [3.63, 3.8) is 0 Å². The van der Waals surface area contributed by atoms with Gasteiger partial charge in [-0.3, -0.25) is 4.79 Å². The Morgan fingerprint density at radius 1 is 0.500 bits per heavy atom. The molecule has 2 nitrogen and oxygen atoms in total. The summed E-state index contributed by atoms with van der Waals surface area (Å²) in [7, 11) is 0. The standard InChI is InChI=1S/C32H64O2/c1-5-7-9-10-11-16-19-23-26-30(3)27-24-20-17-14-12-13-15-18-21-25-29-32(34-31(4)33)28-22-8-6-2/h30,32H,5-29H2,1-4H3/t30-,32+/m1/s1. The van der Waals surface area contributed by atoms with Crippen LogP contribution in [0.3, 0.4) is 0 Å². The van der Waals surface area contributed by atoms with E-state index in [1.54, 1.807) is 6.92 Å². The van der Waals surface area contributed by atoms with Crippen LogP contribution >= 0.6 is 0 Å². The van der Waals surface area contributed by atoms with Crippen LogP contribution in [0.25, 0.3) is 0 Å². The minimum absolute atomic E-state index is 0.112. The molecule has 0 rings (SSSR count). The van der Waals surface area contributed by atoms with Gasteiger partial charge in [0.25, 0.3) is 0 Å². The van der Waals surface area contributed by atoms with Gasteiger partial charge in [-0.05, 0) is 31.6 Å². The summed E-state index contributed by atoms with van der Waals surface area (Å²) < 4.78 is 5.51. The Bertz CT molecular complexity index is 406. The summed E-state index contributed by atoms with van der Waals surface area (Å²) in [5.74, 6) is 0.826. The van der Waals surface area contributed by atoms with Crippen LogP contribution in [0.15, 0.2) is 0 Å². The molecule has 2 heteroatoms. The number of rotatable bonds is 27. The molecular formula is C32H64O2. The van der Waals surface area contributed by atoms with E-state index in [1.807, 2.05) is 0 Å². The third-order valence-electron chi connectivity index (χ3n) is 7.49. The Labute approximate surface area is 215 Å². The quantitative estimate of drug-likeness (QED) is 0.0862. The second kappa shape index (κ2) is 27.1. The highest BCUT2D eigenvalue weighted by Crippen LogP contribution is 2.20. The fourth-order valence-electron chi connectivity index (χ4n) is 5.17. The lowest BCUT2D eigenvalue weighted by Gasteiger charge is -2.16. The second-order valence-electron chi connectivity index (χ2n) is 11.2. The van der Waals surface area contributed by atoms with Gasteiger partial charge in [0.1, 0.15) is 6.10 Å². The van der Waals surface area contributed by atoms with Gasteiger partial charge in [-0.1, -0.05) is 156 Å². The molecule has 0 bridgehead atoms. The van der Waals surface area contributed by atoms with E-state index >= 15 is 0 Å². The van der Waals surface area contributed by atoms with Crippen molar-refractivity contribution < 1.29 is 9.53 Å². The minimum Gasteiger partial charge on any atom is -0.463 e. The van der Waals surface area contributed by atoms with E-state index in [4.69, 9.17) is 4.74 Å². The average Bonchev–Trinajstić information content (AvgIpc) is 2.81. The van der Waals surface area contributed by atoms with Crippen molar-refractivity contribution >= 4 is 5.97 Å². The zero-order valence-corrected chi connectivity index (χ0v) is 24.1. The Balaban J connectivity index is 3.38. The van der Waals surface area contributed by atoms with Crippen LogP contribution in [-0.2, 0) is 9.53 Å². The molecule has 2 atom stereocenters. The Morgan fingerprint density at radius 2 is 0.794 bits per heavy atom. The van der Waals surface area contributed by atoms with Crippen LogP contribution in [0, 0.1) is 5.92 Å². The van der Waals surface area contributed by atoms with Gasteiger partial charge in [0.2, 0.25) is 0 Å². The van der Waals surface area contributed by atoms with Crippen LogP contribution in [0.2, 0.25) is 0 Å². The number of ether oxygens (including phenoxy) is 1. The van der Waals surface area contributed by atoms with Crippen molar-refractivity contribution in [3.05, 3.63) is 0 Å². The lowest BCUT2D eigenvalue weighted by Crippen LogP contribution is -2.16. The molecule has 0 amide bonds. The average molecular weight is 481 g/mol. The van der Waals surface area contributed by atoms with Crippen molar-refractivity contribution in [2.45, 2.75) is 194 Å². The molecule has 34 heavy (non-hydrogen) atoms. The molecule has 0 saturated heterocycles. The first kappa shape index (κ1) is 33.5. The molecule has 0 aliphatic carbocycles. The van der Waals surface area contributed by atoms with Crippen LogP contribution in [0.1, 0.15) is 188 Å². The van der Waals surface area contributed by atoms with Crippen LogP contribution < -0.4 is 0 Å². The maximum absolute atomic E-state index is 11.3. The highest BCUT2D eigenvalue weighted by atomic mass is 16.5. The minimum atomic E-state index is -0.112. The molecule has 0 aliphatic rings. The molecule has 0 unspecified atom stereocenters. The molecule has 0 N–H and O–H groups in total. The van der Waals surface area contributed by atoms with E-state index in [0.29, 0.717) is 0 Å². The SMILES string of the molecule is CCCCCCCCCC[C@@H](C)CCCCCCCCCCCC[C@H](CCCCC)OC(C)=O. The summed E-state index contributed by atoms with van der Waals surface area (Å²) >= 11 is 0. The van der Waals surface area contributed by atoms with Crippen molar-refractivity contribution in [2.24, 2.45) is 5.92 Å². The molecule has 0 aliphatic heterocycles. The van der Waals surface area contributed by atoms with Gasteiger partial charge in [0.05, 0.1) is 0 Å². The topological polar surface area (TPSA) is 26.3 Å². The molecule has 0 spiro atoms. The van der Waals surface area contributed by atoms with Gasteiger partial charge in [0.15, 0.2) is 0 Å². The Morgan fingerprint density at radius 3 is 1.18 bits per heavy atom. The third kappa shape index (κ3) is 26.1. The fraction of sp³-hybridized carbons (Fsp3) is 0.969. The first-order chi connectivity index (χ1) is 16.6. The zero-order chi connectivity index (χ0) is 25.1. The first-order valence-electron chi connectivity index (χ1n) is 15.8. The van der Waals surface area contributed by atoms with Crippen molar-refractivity contribution in [1.29, 1.82) is 0 Å². The molecule has 0 aromatic heterocycles. The predicted molar refractivity (Wildman–Crippen MR) is 151 cm³/mol. The highest BCUT2D eigenvalue weighted by Gasteiger charge is 2.11. The van der Waals surface area contributed by atoms with Gasteiger partial charge in [-0.15, -0.1) is 0 Å². The van der Waals surface area contributed by atoms with E-state index in [2.05, 4.69) is 20.8 Å². The molecule has 0 aromatic carbocycles. The van der Waals surface area contributed by atoms with Crippen LogP contribution in [0.4, 0.5) is 0 Å². The van der Waals surface area contributed by atoms with E-state index in [9.17, 15) is 4.79 Å². The van der Waals surface area contributed by atoms with Crippen LogP contribution in [0.5, 0.6) is 0 Å². The smallest absolute Gasteiger partial charge is 0.302 e. The predicted octanol–water partition coefficient (Wildman–Crippen LogP) is 11.3. The van der Waals surface area contributed by atoms with Crippen molar-refractivity contribution in [1.82, 2.24) is 0 Å². The Hall–Kier alpha value is -0.530. The molecule has 0 saturated carbocycles. The number of carbonyl (C=O) groups excluding carboxylic acids is 1. The normalized spacial score (nSPS) is 13.2. The maximum Gasteiger partial charge on any atom is 0.302 e. The van der Waals surface area contributed by atoms with E-state index in [1.165, 1.54) is 148 Å². The molecule has 0 fully saturated rings. The fourth-order valence-corrected chi connectivity index (χ4v) is 5.17. The third-order valence-corrected chi connectivity index (χ3v) is 7.49. The maximum atomic E-state index is 11.3. The van der Waals surface area contributed by atoms with Gasteiger partial charge in [-0.25, -0.2) is 0 Å². The van der Waals surface area contributed by atoms with Gasteiger partial charge >= 0.3 is 5.97 Å². The second-order valence-corrected chi connectivity index (χ2v) is 11.2. The summed E-state index contributed by atoms with van der Waals surface area (Å²) in [6.07, 6.45) is 34.2. The number of hydrogen-bond donors (Lipinski definition) is 0.